The first-order valence-corrected chi connectivity index (χ1v) is 8.44. The fourth-order valence-electron chi connectivity index (χ4n) is 2.17. The van der Waals surface area contributed by atoms with Crippen LogP contribution < -0.4 is 10.4 Å². The van der Waals surface area contributed by atoms with Crippen molar-refractivity contribution in [3.05, 3.63) is 53.3 Å². The molecule has 0 fully saturated rings. The first-order valence-electron chi connectivity index (χ1n) is 6.62. The van der Waals surface area contributed by atoms with Crippen molar-refractivity contribution in [3.8, 4) is 0 Å². The van der Waals surface area contributed by atoms with Crippen LogP contribution in [0, 0.1) is 0 Å². The Kier molecular flexibility index (Phi) is 3.86. The van der Waals surface area contributed by atoms with Gasteiger partial charge in [0.25, 0.3) is 10.0 Å². The van der Waals surface area contributed by atoms with Crippen LogP contribution in [0.5, 0.6) is 0 Å². The Labute approximate surface area is 133 Å². The Hall–Kier alpha value is -1.96. The molecule has 0 atom stereocenters. The van der Waals surface area contributed by atoms with Gasteiger partial charge in [-0.2, -0.15) is 8.42 Å². The third kappa shape index (κ3) is 2.58. The number of hydrazine groups is 1. The molecule has 22 heavy (non-hydrogen) atoms. The minimum Gasteiger partial charge on any atom is -0.256 e. The Morgan fingerprint density at radius 3 is 2.77 bits per heavy atom. The molecule has 6 nitrogen and oxygen atoms in total. The number of halogens is 1. The van der Waals surface area contributed by atoms with Crippen LogP contribution in [0.1, 0.15) is 12.6 Å². The van der Waals surface area contributed by atoms with E-state index in [9.17, 15) is 8.42 Å². The summed E-state index contributed by atoms with van der Waals surface area (Å²) >= 11 is 5.92. The summed E-state index contributed by atoms with van der Waals surface area (Å²) in [6.45, 7) is 2.50. The second-order valence-electron chi connectivity index (χ2n) is 4.56. The molecule has 1 N–H and O–H groups in total. The number of nitrogens with one attached hydrogen (secondary N) is 1. The average molecular weight is 337 g/mol. The van der Waals surface area contributed by atoms with Gasteiger partial charge in [0.2, 0.25) is 0 Å². The number of amidine groups is 1. The highest BCUT2D eigenvalue weighted by Crippen LogP contribution is 2.33. The number of nitrogens with zero attached hydrogens (tertiary/aromatic N) is 3. The van der Waals surface area contributed by atoms with Gasteiger partial charge in [0.1, 0.15) is 10.6 Å². The second-order valence-corrected chi connectivity index (χ2v) is 6.57. The Morgan fingerprint density at radius 1 is 1.27 bits per heavy atom. The first kappa shape index (κ1) is 15.0. The lowest BCUT2D eigenvalue weighted by atomic mass is 10.2. The number of benzene rings is 1. The standard InChI is InChI=1S/C14H13ClN4O2S/c1-2-17-19-12-7-6-10(15)9-13(12)22(20,21)18-14(19)11-5-3-4-8-16-11/h3-9,17H,2H2,1H3. The summed E-state index contributed by atoms with van der Waals surface area (Å²) < 4.78 is 28.8. The molecule has 2 aromatic rings. The average Bonchev–Trinajstić information content (AvgIpc) is 2.51. The maximum atomic E-state index is 12.4. The van der Waals surface area contributed by atoms with Crippen molar-refractivity contribution in [2.24, 2.45) is 4.40 Å². The van der Waals surface area contributed by atoms with Gasteiger partial charge in [-0.25, -0.2) is 5.43 Å². The number of anilines is 1. The maximum absolute atomic E-state index is 12.4. The lowest BCUT2D eigenvalue weighted by molar-refractivity contribution is 0.595. The summed E-state index contributed by atoms with van der Waals surface area (Å²) in [6, 6.07) is 9.93. The lowest BCUT2D eigenvalue weighted by Gasteiger charge is -2.30. The van der Waals surface area contributed by atoms with Crippen molar-refractivity contribution < 1.29 is 8.42 Å². The molecule has 0 unspecified atom stereocenters. The highest BCUT2D eigenvalue weighted by molar-refractivity contribution is 7.90. The SMILES string of the molecule is CCNN1C(c2ccccn2)=NS(=O)(=O)c2cc(Cl)ccc21. The van der Waals surface area contributed by atoms with Crippen LogP contribution in [0.4, 0.5) is 5.69 Å². The summed E-state index contributed by atoms with van der Waals surface area (Å²) in [7, 11) is -3.83. The van der Waals surface area contributed by atoms with E-state index in [0.29, 0.717) is 22.9 Å². The van der Waals surface area contributed by atoms with Crippen molar-refractivity contribution in [1.29, 1.82) is 0 Å². The first-order chi connectivity index (χ1) is 10.5. The summed E-state index contributed by atoms with van der Waals surface area (Å²) in [6.07, 6.45) is 1.59. The smallest absolute Gasteiger partial charge is 0.256 e. The summed E-state index contributed by atoms with van der Waals surface area (Å²) in [5, 5.41) is 1.96. The van der Waals surface area contributed by atoms with Crippen molar-refractivity contribution in [2.75, 3.05) is 11.6 Å². The minimum absolute atomic E-state index is 0.0700. The third-order valence-corrected chi connectivity index (χ3v) is 4.60. The molecule has 1 aliphatic rings. The number of pyridine rings is 1. The number of fused-ring (bicyclic) bond motifs is 1. The summed E-state index contributed by atoms with van der Waals surface area (Å²) in [5.74, 6) is 0.234. The van der Waals surface area contributed by atoms with Gasteiger partial charge in [0.15, 0.2) is 5.84 Å². The molecule has 1 aromatic carbocycles. The van der Waals surface area contributed by atoms with Gasteiger partial charge >= 0.3 is 0 Å². The van der Waals surface area contributed by atoms with E-state index < -0.39 is 10.0 Å². The highest BCUT2D eigenvalue weighted by atomic mass is 35.5. The molecule has 1 aromatic heterocycles. The van der Waals surface area contributed by atoms with Crippen LogP contribution in [0.25, 0.3) is 0 Å². The molecule has 0 saturated heterocycles. The van der Waals surface area contributed by atoms with Crippen LogP contribution in [0.2, 0.25) is 5.02 Å². The van der Waals surface area contributed by atoms with E-state index >= 15 is 0 Å². The fourth-order valence-corrected chi connectivity index (χ4v) is 3.61. The van der Waals surface area contributed by atoms with E-state index in [-0.39, 0.29) is 10.7 Å². The van der Waals surface area contributed by atoms with Gasteiger partial charge < -0.3 is 0 Å². The highest BCUT2D eigenvalue weighted by Gasteiger charge is 2.32. The Morgan fingerprint density at radius 2 is 2.09 bits per heavy atom. The van der Waals surface area contributed by atoms with E-state index in [1.54, 1.807) is 41.5 Å². The molecule has 0 bridgehead atoms. The topological polar surface area (TPSA) is 74.7 Å². The molecule has 8 heteroatoms. The monoisotopic (exact) mass is 336 g/mol. The van der Waals surface area contributed by atoms with E-state index in [1.165, 1.54) is 6.07 Å². The van der Waals surface area contributed by atoms with Gasteiger partial charge in [-0.3, -0.25) is 9.99 Å². The Bertz CT molecular complexity index is 837. The number of aromatic nitrogens is 1. The van der Waals surface area contributed by atoms with Crippen molar-refractivity contribution in [1.82, 2.24) is 10.4 Å². The summed E-state index contributed by atoms with van der Waals surface area (Å²) in [4.78, 5) is 4.26. The molecule has 0 aliphatic carbocycles. The lowest BCUT2D eigenvalue weighted by Crippen LogP contribution is -2.46. The zero-order valence-electron chi connectivity index (χ0n) is 11.7. The molecule has 3 rings (SSSR count). The van der Waals surface area contributed by atoms with Crippen LogP contribution >= 0.6 is 11.6 Å². The molecular weight excluding hydrogens is 324 g/mol. The molecule has 2 heterocycles. The maximum Gasteiger partial charge on any atom is 0.286 e. The van der Waals surface area contributed by atoms with Crippen LogP contribution in [-0.4, -0.2) is 25.8 Å². The molecule has 114 valence electrons. The minimum atomic E-state index is -3.83. The molecule has 0 amide bonds. The summed E-state index contributed by atoms with van der Waals surface area (Å²) in [5.41, 5.74) is 4.04. The molecule has 1 aliphatic heterocycles. The Balaban J connectivity index is 2.24. The van der Waals surface area contributed by atoms with E-state index in [1.807, 2.05) is 6.92 Å². The zero-order chi connectivity index (χ0) is 15.7. The van der Waals surface area contributed by atoms with Gasteiger partial charge in [-0.05, 0) is 30.3 Å². The second kappa shape index (κ2) is 5.68. The molecule has 0 saturated carbocycles. The van der Waals surface area contributed by atoms with Crippen molar-refractivity contribution >= 4 is 33.1 Å². The third-order valence-electron chi connectivity index (χ3n) is 3.07. The molecular formula is C14H13ClN4O2S. The molecule has 0 radical (unpaired) electrons. The number of rotatable bonds is 3. The number of sulfonamides is 1. The zero-order valence-corrected chi connectivity index (χ0v) is 13.3. The van der Waals surface area contributed by atoms with Crippen LogP contribution in [-0.2, 0) is 10.0 Å². The van der Waals surface area contributed by atoms with Crippen LogP contribution in [0.15, 0.2) is 51.9 Å². The number of hydrogen-bond donors (Lipinski definition) is 1. The van der Waals surface area contributed by atoms with Crippen molar-refractivity contribution in [3.63, 3.8) is 0 Å². The van der Waals surface area contributed by atoms with Gasteiger partial charge in [-0.15, -0.1) is 4.40 Å². The normalized spacial score (nSPS) is 16.1. The van der Waals surface area contributed by atoms with E-state index in [2.05, 4.69) is 14.8 Å². The molecule has 0 spiro atoms. The van der Waals surface area contributed by atoms with Crippen molar-refractivity contribution in [2.45, 2.75) is 11.8 Å². The van der Waals surface area contributed by atoms with Gasteiger partial charge in [0, 0.05) is 17.8 Å². The number of hydrogen-bond acceptors (Lipinski definition) is 5. The quantitative estimate of drug-likeness (QED) is 0.930. The fraction of sp³-hybridized carbons (Fsp3) is 0.143. The van der Waals surface area contributed by atoms with E-state index in [4.69, 9.17) is 11.6 Å². The van der Waals surface area contributed by atoms with Crippen LogP contribution in [0.3, 0.4) is 0 Å². The predicted molar refractivity (Wildman–Crippen MR) is 85.6 cm³/mol. The van der Waals surface area contributed by atoms with E-state index in [0.717, 1.165) is 0 Å². The van der Waals surface area contributed by atoms with Gasteiger partial charge in [0.05, 0.1) is 5.69 Å². The predicted octanol–water partition coefficient (Wildman–Crippen LogP) is 2.21. The van der Waals surface area contributed by atoms with Gasteiger partial charge in [-0.1, -0.05) is 24.6 Å². The largest absolute Gasteiger partial charge is 0.286 e.